The van der Waals surface area contributed by atoms with Crippen molar-refractivity contribution in [2.45, 2.75) is 46.7 Å². The molecule has 0 fully saturated rings. The molecule has 0 spiro atoms. The first-order valence-corrected chi connectivity index (χ1v) is 10.7. The molecule has 30 heavy (non-hydrogen) atoms. The van der Waals surface area contributed by atoms with Gasteiger partial charge in [-0.05, 0) is 24.3 Å². The van der Waals surface area contributed by atoms with E-state index in [2.05, 4.69) is 10.6 Å². The zero-order chi connectivity index (χ0) is 22.0. The number of nitrogens with one attached hydrogen (secondary N) is 2. The van der Waals surface area contributed by atoms with Crippen LogP contribution in [0.1, 0.15) is 46.2 Å². The number of carbonyl (C=O) groups is 3. The Hall–Kier alpha value is -2.83. The summed E-state index contributed by atoms with van der Waals surface area (Å²) in [6.07, 6.45) is 0. The van der Waals surface area contributed by atoms with E-state index in [0.29, 0.717) is 30.3 Å². The first-order valence-electron chi connectivity index (χ1n) is 10.7. The Morgan fingerprint density at radius 1 is 1.17 bits per heavy atom. The molecule has 4 amide bonds. The number of nitrogens with zero attached hydrogens (tertiary/aromatic N) is 2. The van der Waals surface area contributed by atoms with Gasteiger partial charge >= 0.3 is 6.03 Å². The quantitative estimate of drug-likeness (QED) is 0.722. The lowest BCUT2D eigenvalue weighted by atomic mass is 9.95. The number of rotatable bonds is 7. The van der Waals surface area contributed by atoms with Crippen LogP contribution in [0.5, 0.6) is 0 Å². The van der Waals surface area contributed by atoms with Crippen molar-refractivity contribution in [1.82, 2.24) is 20.4 Å². The van der Waals surface area contributed by atoms with E-state index in [0.717, 1.165) is 5.56 Å². The van der Waals surface area contributed by atoms with Crippen molar-refractivity contribution in [3.8, 4) is 0 Å². The summed E-state index contributed by atoms with van der Waals surface area (Å²) in [6, 6.07) is 8.17. The average Bonchev–Trinajstić information content (AvgIpc) is 3.03. The number of amides is 4. The molecule has 0 aliphatic carbocycles. The number of benzene rings is 1. The minimum Gasteiger partial charge on any atom is -0.354 e. The molecule has 0 radical (unpaired) electrons. The van der Waals surface area contributed by atoms with Gasteiger partial charge in [-0.1, -0.05) is 58.0 Å². The van der Waals surface area contributed by atoms with Crippen molar-refractivity contribution >= 4 is 17.8 Å². The van der Waals surface area contributed by atoms with Gasteiger partial charge in [0.05, 0.1) is 23.9 Å². The van der Waals surface area contributed by atoms with Crippen molar-refractivity contribution < 1.29 is 14.4 Å². The van der Waals surface area contributed by atoms with Crippen LogP contribution in [-0.4, -0.2) is 53.3 Å². The first kappa shape index (κ1) is 21.9. The lowest BCUT2D eigenvalue weighted by Crippen LogP contribution is -2.52. The molecule has 7 nitrogen and oxygen atoms in total. The van der Waals surface area contributed by atoms with Gasteiger partial charge in [-0.15, -0.1) is 0 Å². The molecule has 2 N–H and O–H groups in total. The van der Waals surface area contributed by atoms with E-state index in [1.54, 1.807) is 9.80 Å². The fraction of sp³-hybridized carbons (Fsp3) is 0.522. The Morgan fingerprint density at radius 3 is 2.40 bits per heavy atom. The summed E-state index contributed by atoms with van der Waals surface area (Å²) in [7, 11) is 0. The summed E-state index contributed by atoms with van der Waals surface area (Å²) in [5, 5.41) is 5.95. The lowest BCUT2D eigenvalue weighted by molar-refractivity contribution is -0.138. The highest BCUT2D eigenvalue weighted by atomic mass is 16.2. The maximum Gasteiger partial charge on any atom is 0.322 e. The Balaban J connectivity index is 1.96. The van der Waals surface area contributed by atoms with Gasteiger partial charge in [0.25, 0.3) is 5.91 Å². The molecule has 162 valence electrons. The molecular weight excluding hydrogens is 380 g/mol. The first-order chi connectivity index (χ1) is 14.3. The normalized spacial score (nSPS) is 20.0. The Kier molecular flexibility index (Phi) is 6.48. The summed E-state index contributed by atoms with van der Waals surface area (Å²) >= 11 is 0. The van der Waals surface area contributed by atoms with Crippen LogP contribution in [0.25, 0.3) is 0 Å². The Labute approximate surface area is 178 Å². The van der Waals surface area contributed by atoms with Crippen molar-refractivity contribution in [2.24, 2.45) is 11.8 Å². The maximum absolute atomic E-state index is 13.6. The van der Waals surface area contributed by atoms with E-state index in [1.165, 1.54) is 0 Å². The second-order valence-corrected chi connectivity index (χ2v) is 8.66. The molecule has 0 unspecified atom stereocenters. The third-order valence-electron chi connectivity index (χ3n) is 5.62. The van der Waals surface area contributed by atoms with Gasteiger partial charge in [-0.25, -0.2) is 4.79 Å². The molecule has 0 saturated heterocycles. The van der Waals surface area contributed by atoms with Crippen molar-refractivity contribution in [3.05, 3.63) is 47.2 Å². The number of carbonyl (C=O) groups excluding carboxylic acids is 3. The number of hydrogen-bond acceptors (Lipinski definition) is 3. The molecule has 2 atom stereocenters. The van der Waals surface area contributed by atoms with Crippen LogP contribution in [0.2, 0.25) is 0 Å². The van der Waals surface area contributed by atoms with Crippen LogP contribution < -0.4 is 10.6 Å². The minimum absolute atomic E-state index is 0.0589. The van der Waals surface area contributed by atoms with E-state index in [4.69, 9.17) is 0 Å². The van der Waals surface area contributed by atoms with Gasteiger partial charge in [0.2, 0.25) is 5.91 Å². The fourth-order valence-electron chi connectivity index (χ4n) is 4.18. The van der Waals surface area contributed by atoms with E-state index >= 15 is 0 Å². The largest absolute Gasteiger partial charge is 0.354 e. The molecule has 2 aliphatic heterocycles. The van der Waals surface area contributed by atoms with Crippen LogP contribution in [0.3, 0.4) is 0 Å². The molecule has 0 saturated carbocycles. The third-order valence-corrected chi connectivity index (χ3v) is 5.62. The highest BCUT2D eigenvalue weighted by Crippen LogP contribution is 2.37. The Bertz CT molecular complexity index is 847. The second-order valence-electron chi connectivity index (χ2n) is 8.66. The van der Waals surface area contributed by atoms with Crippen LogP contribution in [0.4, 0.5) is 4.79 Å². The molecule has 2 aliphatic rings. The Morgan fingerprint density at radius 2 is 1.83 bits per heavy atom. The predicted octanol–water partition coefficient (Wildman–Crippen LogP) is 2.67. The van der Waals surface area contributed by atoms with Crippen LogP contribution >= 0.6 is 0 Å². The highest BCUT2D eigenvalue weighted by molar-refractivity contribution is 6.03. The molecular formula is C23H32N4O3. The van der Waals surface area contributed by atoms with Gasteiger partial charge in [0, 0.05) is 13.1 Å². The number of hydrogen-bond donors (Lipinski definition) is 2. The zero-order valence-electron chi connectivity index (χ0n) is 18.4. The number of likely N-dealkylation sites (N-methyl/N-ethyl adjacent to an activating group) is 1. The van der Waals surface area contributed by atoms with E-state index in [1.807, 2.05) is 65.0 Å². The standard InChI is InChI=1S/C23H32N4O3/c1-6-26-17-13-27(20(15(4)5)21(28)24-12-14(2)3)22(29)18(17)19(25-23(26)30)16-10-8-7-9-11-16/h7-11,14-15,19-20H,6,12-13H2,1-5H3,(H,24,28)(H,25,30)/t19-,20-/m0/s1. The summed E-state index contributed by atoms with van der Waals surface area (Å²) in [6.45, 7) is 11.1. The van der Waals surface area contributed by atoms with Gasteiger partial charge < -0.3 is 15.5 Å². The van der Waals surface area contributed by atoms with Crippen LogP contribution in [0.15, 0.2) is 41.6 Å². The molecule has 0 aromatic heterocycles. The van der Waals surface area contributed by atoms with Crippen molar-refractivity contribution in [2.75, 3.05) is 19.6 Å². The molecule has 7 heteroatoms. The topological polar surface area (TPSA) is 81.8 Å². The van der Waals surface area contributed by atoms with Gasteiger partial charge in [-0.2, -0.15) is 0 Å². The monoisotopic (exact) mass is 412 g/mol. The minimum atomic E-state index is -0.591. The predicted molar refractivity (Wildman–Crippen MR) is 115 cm³/mol. The zero-order valence-corrected chi connectivity index (χ0v) is 18.4. The van der Waals surface area contributed by atoms with Crippen LogP contribution in [0, 0.1) is 11.8 Å². The number of urea groups is 1. The molecule has 1 aromatic carbocycles. The highest BCUT2D eigenvalue weighted by Gasteiger charge is 2.47. The van der Waals surface area contributed by atoms with Gasteiger partial charge in [-0.3, -0.25) is 14.5 Å². The third kappa shape index (κ3) is 4.06. The SMILES string of the molecule is CCN1C(=O)N[C@@H](c2ccccc2)C2=C1CN([C@H](C(=O)NCC(C)C)C(C)C)C2=O. The molecule has 2 heterocycles. The average molecular weight is 413 g/mol. The molecule has 3 rings (SSSR count). The smallest absolute Gasteiger partial charge is 0.322 e. The summed E-state index contributed by atoms with van der Waals surface area (Å²) in [5.74, 6) is -0.0696. The fourth-order valence-corrected chi connectivity index (χ4v) is 4.18. The van der Waals surface area contributed by atoms with Gasteiger partial charge in [0.15, 0.2) is 0 Å². The van der Waals surface area contributed by atoms with E-state index < -0.39 is 12.1 Å². The second kappa shape index (κ2) is 8.90. The van der Waals surface area contributed by atoms with Gasteiger partial charge in [0.1, 0.15) is 6.04 Å². The summed E-state index contributed by atoms with van der Waals surface area (Å²) < 4.78 is 0. The van der Waals surface area contributed by atoms with Crippen molar-refractivity contribution in [1.29, 1.82) is 0 Å². The van der Waals surface area contributed by atoms with E-state index in [-0.39, 0.29) is 30.3 Å². The summed E-state index contributed by atoms with van der Waals surface area (Å²) in [4.78, 5) is 42.6. The lowest BCUT2D eigenvalue weighted by Gasteiger charge is -2.33. The maximum atomic E-state index is 13.6. The molecule has 0 bridgehead atoms. The summed E-state index contributed by atoms with van der Waals surface area (Å²) in [5.41, 5.74) is 2.11. The van der Waals surface area contributed by atoms with E-state index in [9.17, 15) is 14.4 Å². The van der Waals surface area contributed by atoms with Crippen LogP contribution in [-0.2, 0) is 9.59 Å². The molecule has 1 aromatic rings. The van der Waals surface area contributed by atoms with Crippen molar-refractivity contribution in [3.63, 3.8) is 0 Å².